The zero-order valence-corrected chi connectivity index (χ0v) is 12.9. The molecule has 0 radical (unpaired) electrons. The Labute approximate surface area is 117 Å². The van der Waals surface area contributed by atoms with Crippen LogP contribution < -0.4 is 4.74 Å². The SMILES string of the molecule is CCCCCCCCOc1cc(C)c(O)c(C)c1C. The molecule has 0 spiro atoms. The summed E-state index contributed by atoms with van der Waals surface area (Å²) >= 11 is 0. The molecule has 0 heterocycles. The molecular formula is C17H28O2. The molecule has 2 heteroatoms. The van der Waals surface area contributed by atoms with Crippen LogP contribution >= 0.6 is 0 Å². The average molecular weight is 264 g/mol. The van der Waals surface area contributed by atoms with Crippen LogP contribution in [0.3, 0.4) is 0 Å². The number of aromatic hydroxyl groups is 1. The lowest BCUT2D eigenvalue weighted by molar-refractivity contribution is 0.301. The maximum absolute atomic E-state index is 9.85. The summed E-state index contributed by atoms with van der Waals surface area (Å²) in [4.78, 5) is 0. The maximum Gasteiger partial charge on any atom is 0.122 e. The summed E-state index contributed by atoms with van der Waals surface area (Å²) in [7, 11) is 0. The Balaban J connectivity index is 2.38. The minimum atomic E-state index is 0.393. The molecule has 0 aromatic heterocycles. The highest BCUT2D eigenvalue weighted by Crippen LogP contribution is 2.32. The highest BCUT2D eigenvalue weighted by molar-refractivity contribution is 5.51. The number of ether oxygens (including phenoxy) is 1. The largest absolute Gasteiger partial charge is 0.507 e. The Morgan fingerprint density at radius 2 is 1.58 bits per heavy atom. The van der Waals surface area contributed by atoms with Crippen molar-refractivity contribution < 1.29 is 9.84 Å². The van der Waals surface area contributed by atoms with Crippen LogP contribution in [0.25, 0.3) is 0 Å². The summed E-state index contributed by atoms with van der Waals surface area (Å²) in [6.07, 6.45) is 7.64. The van der Waals surface area contributed by atoms with Crippen LogP contribution in [0.1, 0.15) is 62.1 Å². The molecule has 1 rings (SSSR count). The predicted octanol–water partition coefficient (Wildman–Crippen LogP) is 5.06. The Hall–Kier alpha value is -1.18. The second kappa shape index (κ2) is 8.08. The zero-order chi connectivity index (χ0) is 14.3. The molecule has 0 amide bonds. The van der Waals surface area contributed by atoms with E-state index in [1.807, 2.05) is 26.8 Å². The van der Waals surface area contributed by atoms with E-state index in [1.54, 1.807) is 0 Å². The first-order valence-electron chi connectivity index (χ1n) is 7.50. The lowest BCUT2D eigenvalue weighted by Gasteiger charge is -2.14. The van der Waals surface area contributed by atoms with Crippen LogP contribution in [0.2, 0.25) is 0 Å². The van der Waals surface area contributed by atoms with Gasteiger partial charge in [0.1, 0.15) is 11.5 Å². The molecule has 0 atom stereocenters. The van der Waals surface area contributed by atoms with Crippen molar-refractivity contribution >= 4 is 0 Å². The molecule has 0 saturated heterocycles. The Morgan fingerprint density at radius 1 is 0.947 bits per heavy atom. The van der Waals surface area contributed by atoms with E-state index in [-0.39, 0.29) is 0 Å². The summed E-state index contributed by atoms with van der Waals surface area (Å²) in [5.41, 5.74) is 2.87. The molecule has 0 bridgehead atoms. The molecule has 19 heavy (non-hydrogen) atoms. The molecule has 0 aliphatic heterocycles. The van der Waals surface area contributed by atoms with E-state index in [1.165, 1.54) is 32.1 Å². The van der Waals surface area contributed by atoms with E-state index in [4.69, 9.17) is 4.74 Å². The van der Waals surface area contributed by atoms with Crippen LogP contribution in [0.15, 0.2) is 6.07 Å². The molecule has 1 N–H and O–H groups in total. The van der Waals surface area contributed by atoms with Crippen molar-refractivity contribution in [3.63, 3.8) is 0 Å². The van der Waals surface area contributed by atoms with Gasteiger partial charge in [-0.2, -0.15) is 0 Å². The van der Waals surface area contributed by atoms with Gasteiger partial charge >= 0.3 is 0 Å². The Morgan fingerprint density at radius 3 is 2.26 bits per heavy atom. The Kier molecular flexibility index (Phi) is 6.75. The molecule has 108 valence electrons. The second-order valence-corrected chi connectivity index (χ2v) is 5.41. The van der Waals surface area contributed by atoms with Gasteiger partial charge in [0.25, 0.3) is 0 Å². The fraction of sp³-hybridized carbons (Fsp3) is 0.647. The minimum absolute atomic E-state index is 0.393. The van der Waals surface area contributed by atoms with Gasteiger partial charge in [-0.05, 0) is 49.9 Å². The Bertz CT molecular complexity index is 397. The summed E-state index contributed by atoms with van der Waals surface area (Å²) in [5.74, 6) is 1.31. The molecule has 1 aromatic rings. The van der Waals surface area contributed by atoms with E-state index in [9.17, 15) is 5.11 Å². The monoisotopic (exact) mass is 264 g/mol. The van der Waals surface area contributed by atoms with Gasteiger partial charge in [0, 0.05) is 0 Å². The molecule has 0 unspecified atom stereocenters. The highest BCUT2D eigenvalue weighted by atomic mass is 16.5. The first-order chi connectivity index (χ1) is 9.07. The average Bonchev–Trinajstić information content (AvgIpc) is 2.41. The summed E-state index contributed by atoms with van der Waals surface area (Å²) in [5, 5.41) is 9.85. The van der Waals surface area contributed by atoms with Gasteiger partial charge in [0.05, 0.1) is 6.61 Å². The van der Waals surface area contributed by atoms with Crippen molar-refractivity contribution in [1.82, 2.24) is 0 Å². The fourth-order valence-corrected chi connectivity index (χ4v) is 2.25. The summed E-state index contributed by atoms with van der Waals surface area (Å²) in [6.45, 7) is 8.87. The molecule has 2 nitrogen and oxygen atoms in total. The van der Waals surface area contributed by atoms with Crippen LogP contribution in [0.5, 0.6) is 11.5 Å². The number of rotatable bonds is 8. The fourth-order valence-electron chi connectivity index (χ4n) is 2.25. The van der Waals surface area contributed by atoms with E-state index in [2.05, 4.69) is 6.92 Å². The lowest BCUT2D eigenvalue weighted by Crippen LogP contribution is -2.00. The molecule has 0 saturated carbocycles. The predicted molar refractivity (Wildman–Crippen MR) is 81.2 cm³/mol. The zero-order valence-electron chi connectivity index (χ0n) is 12.9. The third-order valence-electron chi connectivity index (χ3n) is 3.76. The number of hydrogen-bond donors (Lipinski definition) is 1. The van der Waals surface area contributed by atoms with Gasteiger partial charge in [0.15, 0.2) is 0 Å². The van der Waals surface area contributed by atoms with Crippen molar-refractivity contribution in [2.24, 2.45) is 0 Å². The smallest absolute Gasteiger partial charge is 0.122 e. The second-order valence-electron chi connectivity index (χ2n) is 5.41. The van der Waals surface area contributed by atoms with Gasteiger partial charge in [-0.3, -0.25) is 0 Å². The minimum Gasteiger partial charge on any atom is -0.507 e. The first-order valence-corrected chi connectivity index (χ1v) is 7.50. The van der Waals surface area contributed by atoms with Crippen molar-refractivity contribution in [3.05, 3.63) is 22.8 Å². The maximum atomic E-state index is 9.85. The standard InChI is InChI=1S/C17H28O2/c1-5-6-7-8-9-10-11-19-16-12-13(2)17(18)15(4)14(16)3/h12,18H,5-11H2,1-4H3. The highest BCUT2D eigenvalue weighted by Gasteiger charge is 2.09. The van der Waals surface area contributed by atoms with Gasteiger partial charge in [-0.1, -0.05) is 39.0 Å². The number of aryl methyl sites for hydroxylation is 1. The number of benzene rings is 1. The van der Waals surface area contributed by atoms with Gasteiger partial charge in [-0.15, -0.1) is 0 Å². The van der Waals surface area contributed by atoms with E-state index in [0.717, 1.165) is 35.5 Å². The normalized spacial score (nSPS) is 10.7. The molecular weight excluding hydrogens is 236 g/mol. The van der Waals surface area contributed by atoms with Crippen LogP contribution in [-0.4, -0.2) is 11.7 Å². The summed E-state index contributed by atoms with van der Waals surface area (Å²) in [6, 6.07) is 1.94. The van der Waals surface area contributed by atoms with Crippen molar-refractivity contribution in [2.45, 2.75) is 66.2 Å². The van der Waals surface area contributed by atoms with Gasteiger partial charge in [0.2, 0.25) is 0 Å². The van der Waals surface area contributed by atoms with Gasteiger partial charge < -0.3 is 9.84 Å². The molecule has 0 fully saturated rings. The number of hydrogen-bond acceptors (Lipinski definition) is 2. The third kappa shape index (κ3) is 4.77. The number of unbranched alkanes of at least 4 members (excludes halogenated alkanes) is 5. The van der Waals surface area contributed by atoms with E-state index < -0.39 is 0 Å². The third-order valence-corrected chi connectivity index (χ3v) is 3.76. The van der Waals surface area contributed by atoms with Crippen LogP contribution in [0.4, 0.5) is 0 Å². The van der Waals surface area contributed by atoms with Crippen LogP contribution in [-0.2, 0) is 0 Å². The quantitative estimate of drug-likeness (QED) is 0.665. The first kappa shape index (κ1) is 15.9. The molecule has 0 aliphatic carbocycles. The van der Waals surface area contributed by atoms with Crippen LogP contribution in [0, 0.1) is 20.8 Å². The summed E-state index contributed by atoms with van der Waals surface area (Å²) < 4.78 is 5.85. The van der Waals surface area contributed by atoms with Crippen molar-refractivity contribution in [3.8, 4) is 11.5 Å². The number of phenols is 1. The molecule has 1 aromatic carbocycles. The topological polar surface area (TPSA) is 29.5 Å². The number of phenolic OH excluding ortho intramolecular Hbond substituents is 1. The van der Waals surface area contributed by atoms with E-state index in [0.29, 0.717) is 5.75 Å². The van der Waals surface area contributed by atoms with Crippen molar-refractivity contribution in [1.29, 1.82) is 0 Å². The van der Waals surface area contributed by atoms with E-state index >= 15 is 0 Å². The lowest BCUT2D eigenvalue weighted by atomic mass is 10.0. The van der Waals surface area contributed by atoms with Gasteiger partial charge in [-0.25, -0.2) is 0 Å². The van der Waals surface area contributed by atoms with Crippen molar-refractivity contribution in [2.75, 3.05) is 6.61 Å². The molecule has 0 aliphatic rings.